The van der Waals surface area contributed by atoms with E-state index in [1.807, 2.05) is 0 Å². The van der Waals surface area contributed by atoms with Crippen molar-refractivity contribution in [2.75, 3.05) is 25.3 Å². The van der Waals surface area contributed by atoms with Gasteiger partial charge in [-0.2, -0.15) is 0 Å². The molecule has 2 fully saturated rings. The number of hydrogen-bond acceptors (Lipinski definition) is 6. The molecular formula is C18H22N4O3S. The van der Waals surface area contributed by atoms with Gasteiger partial charge in [0.2, 0.25) is 5.91 Å². The lowest BCUT2D eigenvalue weighted by Crippen LogP contribution is -2.15. The molecule has 0 atom stereocenters. The standard InChI is InChI=1S/C18H22N4O3S/c1-24-14-8-5-12(9-15(14)25-2)19-16(23)10-26-18-21-20-17(11-3-4-11)22(18)13-6-7-13/h5,8-9,11,13H,3-4,6-7,10H2,1-2H3,(H,19,23). The molecule has 1 N–H and O–H groups in total. The predicted molar refractivity (Wildman–Crippen MR) is 99.2 cm³/mol. The van der Waals surface area contributed by atoms with Gasteiger partial charge in [0, 0.05) is 23.7 Å². The molecule has 2 aromatic rings. The number of carbonyl (C=O) groups excluding carboxylic acids is 1. The molecule has 0 aliphatic heterocycles. The minimum Gasteiger partial charge on any atom is -0.493 e. The Balaban J connectivity index is 1.39. The number of anilines is 1. The maximum absolute atomic E-state index is 12.3. The fourth-order valence-electron chi connectivity index (χ4n) is 2.92. The number of nitrogens with zero attached hydrogens (tertiary/aromatic N) is 3. The summed E-state index contributed by atoms with van der Waals surface area (Å²) in [6, 6.07) is 5.84. The van der Waals surface area contributed by atoms with Gasteiger partial charge in [-0.1, -0.05) is 11.8 Å². The van der Waals surface area contributed by atoms with E-state index in [-0.39, 0.29) is 5.91 Å². The monoisotopic (exact) mass is 374 g/mol. The van der Waals surface area contributed by atoms with Crippen molar-refractivity contribution in [2.24, 2.45) is 0 Å². The van der Waals surface area contributed by atoms with E-state index in [0.29, 0.717) is 34.9 Å². The molecule has 1 aromatic heterocycles. The number of benzene rings is 1. The Morgan fingerprint density at radius 3 is 2.62 bits per heavy atom. The Labute approximate surface area is 156 Å². The van der Waals surface area contributed by atoms with E-state index in [2.05, 4.69) is 20.1 Å². The lowest BCUT2D eigenvalue weighted by molar-refractivity contribution is -0.113. The molecule has 1 aromatic carbocycles. The fraction of sp³-hybridized carbons (Fsp3) is 0.500. The fourth-order valence-corrected chi connectivity index (χ4v) is 3.74. The topological polar surface area (TPSA) is 78.3 Å². The number of rotatable bonds is 8. The van der Waals surface area contributed by atoms with Crippen LogP contribution in [0.15, 0.2) is 23.4 Å². The zero-order valence-corrected chi connectivity index (χ0v) is 15.7. The molecule has 138 valence electrons. The molecule has 2 aliphatic carbocycles. The van der Waals surface area contributed by atoms with E-state index in [9.17, 15) is 4.79 Å². The van der Waals surface area contributed by atoms with Crippen LogP contribution < -0.4 is 14.8 Å². The van der Waals surface area contributed by atoms with Gasteiger partial charge in [0.1, 0.15) is 5.82 Å². The van der Waals surface area contributed by atoms with Crippen LogP contribution in [-0.4, -0.2) is 40.6 Å². The number of hydrogen-bond donors (Lipinski definition) is 1. The van der Waals surface area contributed by atoms with Crippen LogP contribution in [0.25, 0.3) is 0 Å². The van der Waals surface area contributed by atoms with Gasteiger partial charge in [-0.15, -0.1) is 10.2 Å². The molecule has 2 saturated carbocycles. The number of nitrogens with one attached hydrogen (secondary N) is 1. The van der Waals surface area contributed by atoms with E-state index < -0.39 is 0 Å². The van der Waals surface area contributed by atoms with Crippen LogP contribution in [0.4, 0.5) is 5.69 Å². The molecule has 0 saturated heterocycles. The van der Waals surface area contributed by atoms with Crippen molar-refractivity contribution in [3.05, 3.63) is 24.0 Å². The largest absolute Gasteiger partial charge is 0.493 e. The van der Waals surface area contributed by atoms with E-state index in [4.69, 9.17) is 9.47 Å². The van der Waals surface area contributed by atoms with E-state index >= 15 is 0 Å². The first-order chi connectivity index (χ1) is 12.7. The highest BCUT2D eigenvalue weighted by Gasteiger charge is 2.36. The number of aromatic nitrogens is 3. The Morgan fingerprint density at radius 2 is 1.96 bits per heavy atom. The smallest absolute Gasteiger partial charge is 0.234 e. The van der Waals surface area contributed by atoms with Crippen molar-refractivity contribution in [1.82, 2.24) is 14.8 Å². The lowest BCUT2D eigenvalue weighted by Gasteiger charge is -2.11. The van der Waals surface area contributed by atoms with E-state index in [1.165, 1.54) is 37.4 Å². The van der Waals surface area contributed by atoms with Crippen LogP contribution in [-0.2, 0) is 4.79 Å². The van der Waals surface area contributed by atoms with Gasteiger partial charge in [0.25, 0.3) is 0 Å². The highest BCUT2D eigenvalue weighted by atomic mass is 32.2. The molecule has 26 heavy (non-hydrogen) atoms. The highest BCUT2D eigenvalue weighted by Crippen LogP contribution is 2.46. The number of methoxy groups -OCH3 is 2. The van der Waals surface area contributed by atoms with Gasteiger partial charge < -0.3 is 19.4 Å². The van der Waals surface area contributed by atoms with Crippen LogP contribution in [0.5, 0.6) is 11.5 Å². The van der Waals surface area contributed by atoms with E-state index in [1.54, 1.807) is 32.4 Å². The molecule has 1 heterocycles. The Bertz CT molecular complexity index is 815. The average molecular weight is 374 g/mol. The zero-order valence-electron chi connectivity index (χ0n) is 14.9. The van der Waals surface area contributed by atoms with Crippen molar-refractivity contribution in [3.8, 4) is 11.5 Å². The normalized spacial score (nSPS) is 16.4. The highest BCUT2D eigenvalue weighted by molar-refractivity contribution is 7.99. The van der Waals surface area contributed by atoms with Crippen molar-refractivity contribution < 1.29 is 14.3 Å². The Hall–Kier alpha value is -2.22. The van der Waals surface area contributed by atoms with Gasteiger partial charge in [-0.3, -0.25) is 4.79 Å². The van der Waals surface area contributed by atoms with Gasteiger partial charge in [0.15, 0.2) is 16.7 Å². The summed E-state index contributed by atoms with van der Waals surface area (Å²) in [5, 5.41) is 12.5. The van der Waals surface area contributed by atoms with Crippen LogP contribution in [0.2, 0.25) is 0 Å². The van der Waals surface area contributed by atoms with Crippen molar-refractivity contribution in [2.45, 2.75) is 42.8 Å². The zero-order chi connectivity index (χ0) is 18.1. The number of carbonyl (C=O) groups is 1. The van der Waals surface area contributed by atoms with Gasteiger partial charge in [0.05, 0.1) is 20.0 Å². The number of thioether (sulfide) groups is 1. The van der Waals surface area contributed by atoms with Crippen molar-refractivity contribution in [1.29, 1.82) is 0 Å². The van der Waals surface area contributed by atoms with Crippen LogP contribution in [0.3, 0.4) is 0 Å². The van der Waals surface area contributed by atoms with Crippen molar-refractivity contribution >= 4 is 23.4 Å². The molecule has 0 radical (unpaired) electrons. The first-order valence-corrected chi connectivity index (χ1v) is 9.77. The molecule has 2 aliphatic rings. The molecule has 7 nitrogen and oxygen atoms in total. The summed E-state index contributed by atoms with van der Waals surface area (Å²) in [4.78, 5) is 12.3. The maximum atomic E-state index is 12.3. The maximum Gasteiger partial charge on any atom is 0.234 e. The summed E-state index contributed by atoms with van der Waals surface area (Å²) in [5.74, 6) is 3.10. The second-order valence-corrected chi connectivity index (χ2v) is 7.57. The van der Waals surface area contributed by atoms with Crippen LogP contribution in [0.1, 0.15) is 43.5 Å². The van der Waals surface area contributed by atoms with Gasteiger partial charge in [-0.25, -0.2) is 0 Å². The third kappa shape index (κ3) is 3.65. The number of ether oxygens (including phenoxy) is 2. The molecule has 0 unspecified atom stereocenters. The van der Waals surface area contributed by atoms with Gasteiger partial charge in [-0.05, 0) is 37.8 Å². The molecule has 8 heteroatoms. The van der Waals surface area contributed by atoms with Crippen molar-refractivity contribution in [3.63, 3.8) is 0 Å². The summed E-state index contributed by atoms with van der Waals surface area (Å²) < 4.78 is 12.7. The Morgan fingerprint density at radius 1 is 1.19 bits per heavy atom. The SMILES string of the molecule is COc1ccc(NC(=O)CSc2nnc(C3CC3)n2C2CC2)cc1OC. The number of amides is 1. The summed E-state index contributed by atoms with van der Waals surface area (Å²) in [6.07, 6.45) is 4.77. The second kappa shape index (κ2) is 7.19. The summed E-state index contributed by atoms with van der Waals surface area (Å²) >= 11 is 1.45. The lowest BCUT2D eigenvalue weighted by atomic mass is 10.2. The third-order valence-electron chi connectivity index (χ3n) is 4.55. The summed E-state index contributed by atoms with van der Waals surface area (Å²) in [5.41, 5.74) is 0.676. The molecule has 0 bridgehead atoms. The minimum atomic E-state index is -0.0828. The minimum absolute atomic E-state index is 0.0828. The van der Waals surface area contributed by atoms with Gasteiger partial charge >= 0.3 is 0 Å². The molecular weight excluding hydrogens is 352 g/mol. The molecule has 0 spiro atoms. The van der Waals surface area contributed by atoms with Crippen LogP contribution >= 0.6 is 11.8 Å². The summed E-state index contributed by atoms with van der Waals surface area (Å²) in [6.45, 7) is 0. The third-order valence-corrected chi connectivity index (χ3v) is 5.49. The predicted octanol–water partition coefficient (Wildman–Crippen LogP) is 3.24. The quantitative estimate of drug-likeness (QED) is 0.715. The van der Waals surface area contributed by atoms with E-state index in [0.717, 1.165) is 11.0 Å². The summed E-state index contributed by atoms with van der Waals surface area (Å²) in [7, 11) is 3.15. The molecule has 1 amide bonds. The Kier molecular flexibility index (Phi) is 4.76. The molecule has 4 rings (SSSR count). The average Bonchev–Trinajstić information content (AvgIpc) is 3.58. The first kappa shape index (κ1) is 17.2. The van der Waals surface area contributed by atoms with Crippen LogP contribution in [0, 0.1) is 0 Å². The first-order valence-electron chi connectivity index (χ1n) is 8.79. The second-order valence-electron chi connectivity index (χ2n) is 6.62.